The molecule has 3 N–H and O–H groups in total. The monoisotopic (exact) mass is 252 g/mol. The molecule has 6 heteroatoms. The van der Waals surface area contributed by atoms with Crippen LogP contribution in [0.5, 0.6) is 0 Å². The van der Waals surface area contributed by atoms with Gasteiger partial charge in [0.05, 0.1) is 11.3 Å². The third-order valence-corrected chi connectivity index (χ3v) is 2.73. The van der Waals surface area contributed by atoms with Gasteiger partial charge in [-0.1, -0.05) is 6.07 Å². The number of anilines is 1. The van der Waals surface area contributed by atoms with Crippen LogP contribution in [0.2, 0.25) is 0 Å². The summed E-state index contributed by atoms with van der Waals surface area (Å²) in [4.78, 5) is 22.4. The summed E-state index contributed by atoms with van der Waals surface area (Å²) in [5.41, 5.74) is -0.574. The van der Waals surface area contributed by atoms with E-state index in [1.165, 1.54) is 12.1 Å². The van der Waals surface area contributed by atoms with Crippen LogP contribution >= 0.6 is 0 Å². The fraction of sp³-hybridized carbons (Fsp3) is 0.333. The Morgan fingerprint density at radius 1 is 1.39 bits per heavy atom. The number of para-hydroxylation sites is 1. The fourth-order valence-corrected chi connectivity index (χ4v) is 1.55. The summed E-state index contributed by atoms with van der Waals surface area (Å²) in [5, 5.41) is 13.7. The molecular weight excluding hydrogens is 239 g/mol. The van der Waals surface area contributed by atoms with Gasteiger partial charge in [0.25, 0.3) is 0 Å². The number of aromatic carboxylic acids is 1. The molecule has 0 bridgehead atoms. The van der Waals surface area contributed by atoms with Crippen LogP contribution in [-0.2, 0) is 0 Å². The maximum absolute atomic E-state index is 13.5. The Balaban J connectivity index is 2.06. The zero-order valence-corrected chi connectivity index (χ0v) is 9.57. The van der Waals surface area contributed by atoms with Gasteiger partial charge in [-0.05, 0) is 30.9 Å². The third kappa shape index (κ3) is 2.97. The maximum atomic E-state index is 13.5. The molecule has 0 saturated heterocycles. The van der Waals surface area contributed by atoms with Gasteiger partial charge in [0.1, 0.15) is 5.82 Å². The molecule has 18 heavy (non-hydrogen) atoms. The van der Waals surface area contributed by atoms with E-state index in [9.17, 15) is 14.0 Å². The molecule has 1 aliphatic carbocycles. The Labute approximate surface area is 103 Å². The summed E-state index contributed by atoms with van der Waals surface area (Å²) < 4.78 is 13.5. The van der Waals surface area contributed by atoms with Gasteiger partial charge in [-0.2, -0.15) is 0 Å². The Bertz CT molecular complexity index is 486. The molecule has 1 aliphatic rings. The van der Waals surface area contributed by atoms with Crippen molar-refractivity contribution in [3.63, 3.8) is 0 Å². The van der Waals surface area contributed by atoms with Crippen molar-refractivity contribution in [3.05, 3.63) is 29.6 Å². The number of nitrogens with one attached hydrogen (secondary N) is 2. The number of benzene rings is 1. The lowest BCUT2D eigenvalue weighted by atomic mass is 10.1. The van der Waals surface area contributed by atoms with Gasteiger partial charge in [0.2, 0.25) is 0 Å². The summed E-state index contributed by atoms with van der Waals surface area (Å²) in [6, 6.07) is 3.03. The van der Waals surface area contributed by atoms with Gasteiger partial charge in [-0.15, -0.1) is 0 Å². The molecule has 0 aliphatic heterocycles. The van der Waals surface area contributed by atoms with E-state index in [4.69, 9.17) is 5.11 Å². The molecule has 2 amide bonds. The van der Waals surface area contributed by atoms with Crippen molar-refractivity contribution < 1.29 is 19.1 Å². The maximum Gasteiger partial charge on any atom is 0.337 e. The van der Waals surface area contributed by atoms with Gasteiger partial charge in [-0.3, -0.25) is 0 Å². The van der Waals surface area contributed by atoms with E-state index in [0.29, 0.717) is 12.5 Å². The van der Waals surface area contributed by atoms with E-state index in [-0.39, 0.29) is 11.3 Å². The Morgan fingerprint density at radius 3 is 2.72 bits per heavy atom. The second-order valence-electron chi connectivity index (χ2n) is 4.25. The number of urea groups is 1. The lowest BCUT2D eigenvalue weighted by Crippen LogP contribution is -2.31. The predicted octanol–water partition coefficient (Wildman–Crippen LogP) is 2.06. The smallest absolute Gasteiger partial charge is 0.337 e. The van der Waals surface area contributed by atoms with Crippen molar-refractivity contribution in [3.8, 4) is 0 Å². The summed E-state index contributed by atoms with van der Waals surface area (Å²) in [7, 11) is 0. The molecule has 0 unspecified atom stereocenters. The van der Waals surface area contributed by atoms with E-state index in [2.05, 4.69) is 10.6 Å². The minimum Gasteiger partial charge on any atom is -0.478 e. The van der Waals surface area contributed by atoms with Crippen LogP contribution in [-0.4, -0.2) is 23.7 Å². The molecule has 1 saturated carbocycles. The number of hydrogen-bond donors (Lipinski definition) is 3. The van der Waals surface area contributed by atoms with Crippen LogP contribution in [0.1, 0.15) is 23.2 Å². The van der Waals surface area contributed by atoms with Crippen LogP contribution in [0.3, 0.4) is 0 Å². The van der Waals surface area contributed by atoms with E-state index in [1.807, 2.05) is 0 Å². The highest BCUT2D eigenvalue weighted by Crippen LogP contribution is 2.27. The molecule has 0 spiro atoms. The quantitative estimate of drug-likeness (QED) is 0.767. The molecule has 5 nitrogen and oxygen atoms in total. The summed E-state index contributed by atoms with van der Waals surface area (Å²) >= 11 is 0. The van der Waals surface area contributed by atoms with E-state index < -0.39 is 17.8 Å². The molecular formula is C12H13FN2O3. The molecule has 0 aromatic heterocycles. The largest absolute Gasteiger partial charge is 0.478 e. The summed E-state index contributed by atoms with van der Waals surface area (Å²) in [6.07, 6.45) is 2.17. The zero-order valence-electron chi connectivity index (χ0n) is 9.57. The third-order valence-electron chi connectivity index (χ3n) is 2.73. The highest BCUT2D eigenvalue weighted by atomic mass is 19.1. The Morgan fingerprint density at radius 2 is 2.11 bits per heavy atom. The van der Waals surface area contributed by atoms with Gasteiger partial charge in [0.15, 0.2) is 0 Å². The first-order valence-electron chi connectivity index (χ1n) is 5.64. The number of amides is 2. The van der Waals surface area contributed by atoms with Crippen molar-refractivity contribution in [2.24, 2.45) is 5.92 Å². The molecule has 0 atom stereocenters. The first-order valence-corrected chi connectivity index (χ1v) is 5.64. The normalized spacial score (nSPS) is 14.1. The van der Waals surface area contributed by atoms with Crippen LogP contribution in [0.25, 0.3) is 0 Å². The van der Waals surface area contributed by atoms with Crippen molar-refractivity contribution >= 4 is 17.7 Å². The fourth-order valence-electron chi connectivity index (χ4n) is 1.55. The molecule has 1 aromatic rings. The number of halogens is 1. The summed E-state index contributed by atoms with van der Waals surface area (Å²) in [5.74, 6) is -1.56. The van der Waals surface area contributed by atoms with Crippen molar-refractivity contribution in [1.82, 2.24) is 5.32 Å². The van der Waals surface area contributed by atoms with Crippen LogP contribution in [0, 0.1) is 11.7 Å². The zero-order chi connectivity index (χ0) is 13.1. The van der Waals surface area contributed by atoms with E-state index in [0.717, 1.165) is 18.9 Å². The predicted molar refractivity (Wildman–Crippen MR) is 63.1 cm³/mol. The van der Waals surface area contributed by atoms with E-state index >= 15 is 0 Å². The number of carbonyl (C=O) groups excluding carboxylic acids is 1. The molecule has 96 valence electrons. The Kier molecular flexibility index (Phi) is 3.45. The molecule has 0 radical (unpaired) electrons. The first-order chi connectivity index (χ1) is 8.58. The molecule has 0 heterocycles. The number of hydrogen-bond acceptors (Lipinski definition) is 2. The molecule has 1 aromatic carbocycles. The number of carboxylic acid groups (broad SMARTS) is 1. The summed E-state index contributed by atoms with van der Waals surface area (Å²) in [6.45, 7) is 0.530. The topological polar surface area (TPSA) is 78.4 Å². The number of carboxylic acids is 1. The number of rotatable bonds is 4. The van der Waals surface area contributed by atoms with Crippen LogP contribution in [0.4, 0.5) is 14.9 Å². The van der Waals surface area contributed by atoms with Gasteiger partial charge in [-0.25, -0.2) is 14.0 Å². The lowest BCUT2D eigenvalue weighted by Gasteiger charge is -2.10. The average molecular weight is 252 g/mol. The van der Waals surface area contributed by atoms with Crippen molar-refractivity contribution in [2.45, 2.75) is 12.8 Å². The SMILES string of the molecule is O=C(NCC1CC1)Nc1c(F)cccc1C(=O)O. The van der Waals surface area contributed by atoms with Gasteiger partial charge in [0, 0.05) is 6.54 Å². The second-order valence-corrected chi connectivity index (χ2v) is 4.25. The van der Waals surface area contributed by atoms with Crippen LogP contribution < -0.4 is 10.6 Å². The first kappa shape index (κ1) is 12.3. The average Bonchev–Trinajstić information content (AvgIpc) is 3.12. The minimum absolute atomic E-state index is 0.267. The van der Waals surface area contributed by atoms with Gasteiger partial charge >= 0.3 is 12.0 Å². The van der Waals surface area contributed by atoms with Gasteiger partial charge < -0.3 is 15.7 Å². The lowest BCUT2D eigenvalue weighted by molar-refractivity contribution is 0.0697. The van der Waals surface area contributed by atoms with Crippen LogP contribution in [0.15, 0.2) is 18.2 Å². The van der Waals surface area contributed by atoms with Crippen molar-refractivity contribution in [2.75, 3.05) is 11.9 Å². The minimum atomic E-state index is -1.29. The second kappa shape index (κ2) is 5.03. The standard InChI is InChI=1S/C12H13FN2O3/c13-9-3-1-2-8(11(16)17)10(9)15-12(18)14-6-7-4-5-7/h1-3,7H,4-6H2,(H,16,17)(H2,14,15,18). The highest BCUT2D eigenvalue weighted by molar-refractivity contribution is 6.00. The highest BCUT2D eigenvalue weighted by Gasteiger charge is 2.22. The molecule has 2 rings (SSSR count). The number of carbonyl (C=O) groups is 2. The van der Waals surface area contributed by atoms with E-state index in [1.54, 1.807) is 0 Å². The molecule has 1 fully saturated rings. The Hall–Kier alpha value is -2.11. The van der Waals surface area contributed by atoms with Crippen molar-refractivity contribution in [1.29, 1.82) is 0 Å².